The van der Waals surface area contributed by atoms with Crippen molar-refractivity contribution >= 4 is 5.91 Å². The summed E-state index contributed by atoms with van der Waals surface area (Å²) in [5.74, 6) is 0.250. The Morgan fingerprint density at radius 1 is 1.50 bits per heavy atom. The first kappa shape index (κ1) is 12.6. The van der Waals surface area contributed by atoms with Gasteiger partial charge in [-0.2, -0.15) is 0 Å². The molecule has 88 valence electrons. The number of amides is 1. The molecule has 2 atom stereocenters. The molecule has 1 aromatic heterocycles. The summed E-state index contributed by atoms with van der Waals surface area (Å²) in [6, 6.07) is 3.66. The molecule has 0 saturated carbocycles. The molecule has 0 aliphatic rings. The second-order valence-corrected chi connectivity index (χ2v) is 4.01. The maximum Gasteiger partial charge on any atom is 0.225 e. The molecular formula is C12H19N3O. The Morgan fingerprint density at radius 3 is 2.69 bits per heavy atom. The molecule has 0 saturated heterocycles. The fourth-order valence-corrected chi connectivity index (χ4v) is 1.32. The summed E-state index contributed by atoms with van der Waals surface area (Å²) in [4.78, 5) is 15.5. The second-order valence-electron chi connectivity index (χ2n) is 4.01. The van der Waals surface area contributed by atoms with Crippen LogP contribution in [-0.2, 0) is 11.2 Å². The quantitative estimate of drug-likeness (QED) is 0.731. The van der Waals surface area contributed by atoms with Crippen molar-refractivity contribution in [1.82, 2.24) is 10.3 Å². The first-order valence-corrected chi connectivity index (χ1v) is 5.57. The van der Waals surface area contributed by atoms with Gasteiger partial charge in [0.1, 0.15) is 0 Å². The molecule has 4 heteroatoms. The van der Waals surface area contributed by atoms with Crippen LogP contribution in [0.5, 0.6) is 0 Å². The van der Waals surface area contributed by atoms with Crippen LogP contribution < -0.4 is 11.1 Å². The Bertz CT molecular complexity index is 326. The molecule has 3 N–H and O–H groups in total. The lowest BCUT2D eigenvalue weighted by Gasteiger charge is -2.19. The predicted molar refractivity (Wildman–Crippen MR) is 63.5 cm³/mol. The number of hydrogen-bond donors (Lipinski definition) is 2. The average Bonchev–Trinajstić information content (AvgIpc) is 2.29. The van der Waals surface area contributed by atoms with Crippen LogP contribution in [0.1, 0.15) is 25.8 Å². The zero-order valence-electron chi connectivity index (χ0n) is 9.81. The molecule has 0 fully saturated rings. The van der Waals surface area contributed by atoms with Gasteiger partial charge >= 0.3 is 0 Å². The third-order valence-electron chi connectivity index (χ3n) is 2.70. The van der Waals surface area contributed by atoms with E-state index in [4.69, 9.17) is 5.73 Å². The monoisotopic (exact) mass is 221 g/mol. The molecule has 0 aromatic carbocycles. The van der Waals surface area contributed by atoms with Gasteiger partial charge in [0, 0.05) is 12.4 Å². The highest BCUT2D eigenvalue weighted by Gasteiger charge is 2.13. The van der Waals surface area contributed by atoms with E-state index in [0.29, 0.717) is 12.3 Å². The Kier molecular flexibility index (Phi) is 4.92. The zero-order chi connectivity index (χ0) is 12.0. The molecule has 1 heterocycles. The van der Waals surface area contributed by atoms with Crippen LogP contribution in [-0.4, -0.2) is 17.1 Å². The van der Waals surface area contributed by atoms with Gasteiger partial charge in [-0.3, -0.25) is 9.78 Å². The molecule has 1 aromatic rings. The Balaban J connectivity index is 2.42. The molecule has 0 spiro atoms. The van der Waals surface area contributed by atoms with Crippen LogP contribution in [0.25, 0.3) is 0 Å². The highest BCUT2D eigenvalue weighted by atomic mass is 16.1. The lowest BCUT2D eigenvalue weighted by Crippen LogP contribution is -2.46. The largest absolute Gasteiger partial charge is 0.340 e. The molecule has 1 amide bonds. The van der Waals surface area contributed by atoms with Gasteiger partial charge in [0.2, 0.25) is 5.91 Å². The van der Waals surface area contributed by atoms with Gasteiger partial charge in [0.25, 0.3) is 0 Å². The number of pyridine rings is 1. The maximum atomic E-state index is 11.6. The molecule has 4 nitrogen and oxygen atoms in total. The number of hydrogen-bond acceptors (Lipinski definition) is 3. The van der Waals surface area contributed by atoms with E-state index in [0.717, 1.165) is 12.0 Å². The second kappa shape index (κ2) is 6.23. The minimum atomic E-state index is -0.265. The van der Waals surface area contributed by atoms with Gasteiger partial charge in [-0.05, 0) is 23.6 Å². The van der Waals surface area contributed by atoms with Gasteiger partial charge in [-0.15, -0.1) is 0 Å². The van der Waals surface area contributed by atoms with Crippen LogP contribution in [0.4, 0.5) is 0 Å². The van der Waals surface area contributed by atoms with Crippen molar-refractivity contribution in [3.8, 4) is 0 Å². The summed E-state index contributed by atoms with van der Waals surface area (Å²) in [6.07, 6.45) is 4.40. The van der Waals surface area contributed by atoms with E-state index in [1.165, 1.54) is 0 Å². The Hall–Kier alpha value is -1.42. The topological polar surface area (TPSA) is 68.0 Å². The minimum absolute atomic E-state index is 0.0426. The molecule has 1 rings (SSSR count). The summed E-state index contributed by atoms with van der Waals surface area (Å²) < 4.78 is 0. The van der Waals surface area contributed by atoms with Crippen molar-refractivity contribution in [2.45, 2.75) is 32.9 Å². The van der Waals surface area contributed by atoms with Crippen LogP contribution in [0.2, 0.25) is 0 Å². The lowest BCUT2D eigenvalue weighted by molar-refractivity contribution is -0.121. The molecule has 0 aliphatic carbocycles. The van der Waals surface area contributed by atoms with Crippen molar-refractivity contribution in [2.24, 2.45) is 11.7 Å². The SMILES string of the molecule is CC[C@H](C)[C@@H](N)NC(=O)Cc1ccncc1. The third kappa shape index (κ3) is 3.98. The Morgan fingerprint density at radius 2 is 2.12 bits per heavy atom. The van der Waals surface area contributed by atoms with E-state index in [2.05, 4.69) is 17.2 Å². The van der Waals surface area contributed by atoms with Gasteiger partial charge in [-0.25, -0.2) is 0 Å². The molecule has 16 heavy (non-hydrogen) atoms. The van der Waals surface area contributed by atoms with Crippen LogP contribution in [0.15, 0.2) is 24.5 Å². The molecular weight excluding hydrogens is 202 g/mol. The van der Waals surface area contributed by atoms with E-state index < -0.39 is 0 Å². The van der Waals surface area contributed by atoms with Crippen LogP contribution >= 0.6 is 0 Å². The number of nitrogens with two attached hydrogens (primary N) is 1. The average molecular weight is 221 g/mol. The number of nitrogens with one attached hydrogen (secondary N) is 1. The van der Waals surface area contributed by atoms with Crippen molar-refractivity contribution in [3.63, 3.8) is 0 Å². The smallest absolute Gasteiger partial charge is 0.225 e. The summed E-state index contributed by atoms with van der Waals surface area (Å²) in [6.45, 7) is 4.08. The van der Waals surface area contributed by atoms with Crippen molar-refractivity contribution in [1.29, 1.82) is 0 Å². The Labute approximate surface area is 96.3 Å². The predicted octanol–water partition coefficient (Wildman–Crippen LogP) is 1.07. The van der Waals surface area contributed by atoms with Crippen molar-refractivity contribution < 1.29 is 4.79 Å². The van der Waals surface area contributed by atoms with Gasteiger partial charge in [0.05, 0.1) is 12.6 Å². The molecule has 0 bridgehead atoms. The van der Waals surface area contributed by atoms with E-state index in [1.54, 1.807) is 12.4 Å². The van der Waals surface area contributed by atoms with Gasteiger partial charge < -0.3 is 11.1 Å². The number of rotatable bonds is 5. The first-order valence-electron chi connectivity index (χ1n) is 5.57. The summed E-state index contributed by atoms with van der Waals surface area (Å²) >= 11 is 0. The number of carbonyl (C=O) groups is 1. The summed E-state index contributed by atoms with van der Waals surface area (Å²) in [7, 11) is 0. The summed E-state index contributed by atoms with van der Waals surface area (Å²) in [5.41, 5.74) is 6.79. The number of aromatic nitrogens is 1. The summed E-state index contributed by atoms with van der Waals surface area (Å²) in [5, 5.41) is 2.80. The number of carbonyl (C=O) groups excluding carboxylic acids is 1. The molecule has 0 unspecified atom stereocenters. The minimum Gasteiger partial charge on any atom is -0.340 e. The van der Waals surface area contributed by atoms with Gasteiger partial charge in [-0.1, -0.05) is 20.3 Å². The zero-order valence-corrected chi connectivity index (χ0v) is 9.81. The van der Waals surface area contributed by atoms with Crippen LogP contribution in [0, 0.1) is 5.92 Å². The van der Waals surface area contributed by atoms with Crippen molar-refractivity contribution in [2.75, 3.05) is 0 Å². The van der Waals surface area contributed by atoms with Crippen molar-refractivity contribution in [3.05, 3.63) is 30.1 Å². The van der Waals surface area contributed by atoms with E-state index in [-0.39, 0.29) is 12.1 Å². The lowest BCUT2D eigenvalue weighted by atomic mass is 10.1. The molecule has 0 radical (unpaired) electrons. The van der Waals surface area contributed by atoms with Gasteiger partial charge in [0.15, 0.2) is 0 Å². The number of nitrogens with zero attached hydrogens (tertiary/aromatic N) is 1. The third-order valence-corrected chi connectivity index (χ3v) is 2.70. The van der Waals surface area contributed by atoms with E-state index in [9.17, 15) is 4.79 Å². The maximum absolute atomic E-state index is 11.6. The fraction of sp³-hybridized carbons (Fsp3) is 0.500. The highest BCUT2D eigenvalue weighted by Crippen LogP contribution is 2.03. The van der Waals surface area contributed by atoms with Crippen LogP contribution in [0.3, 0.4) is 0 Å². The highest BCUT2D eigenvalue weighted by molar-refractivity contribution is 5.78. The van der Waals surface area contributed by atoms with E-state index >= 15 is 0 Å². The standard InChI is InChI=1S/C12H19N3O/c1-3-9(2)12(13)15-11(16)8-10-4-6-14-7-5-10/h4-7,9,12H,3,8,13H2,1-2H3,(H,15,16)/t9-,12-/m0/s1. The molecule has 0 aliphatic heterocycles. The van der Waals surface area contributed by atoms with E-state index in [1.807, 2.05) is 19.1 Å². The first-order chi connectivity index (χ1) is 7.63. The fourth-order valence-electron chi connectivity index (χ4n) is 1.32. The normalized spacial score (nSPS) is 14.2.